The fraction of sp³-hybridized carbons (Fsp3) is 0.294. The minimum absolute atomic E-state index is 0.0354. The molecule has 0 radical (unpaired) electrons. The van der Waals surface area contributed by atoms with Gasteiger partial charge in [0.2, 0.25) is 0 Å². The third-order valence-corrected chi connectivity index (χ3v) is 4.45. The predicted octanol–water partition coefficient (Wildman–Crippen LogP) is 0.761. The average molecular weight is 341 g/mol. The van der Waals surface area contributed by atoms with Crippen molar-refractivity contribution in [2.45, 2.75) is 24.9 Å². The van der Waals surface area contributed by atoms with Crippen LogP contribution in [-0.2, 0) is 0 Å². The summed E-state index contributed by atoms with van der Waals surface area (Å²) in [7, 11) is 0. The van der Waals surface area contributed by atoms with Gasteiger partial charge in [0, 0.05) is 23.9 Å². The molecular weight excluding hydrogens is 322 g/mol. The van der Waals surface area contributed by atoms with Crippen molar-refractivity contribution in [2.75, 3.05) is 6.61 Å². The summed E-state index contributed by atoms with van der Waals surface area (Å²) in [6, 6.07) is 11.6. The summed E-state index contributed by atoms with van der Waals surface area (Å²) < 4.78 is 5.26. The van der Waals surface area contributed by atoms with Crippen LogP contribution in [0.4, 0.5) is 0 Å². The van der Waals surface area contributed by atoms with Crippen molar-refractivity contribution in [3.63, 3.8) is 0 Å². The third-order valence-electron chi connectivity index (χ3n) is 4.45. The van der Waals surface area contributed by atoms with Crippen LogP contribution in [0.5, 0.6) is 0 Å². The lowest BCUT2D eigenvalue weighted by Gasteiger charge is -2.40. The summed E-state index contributed by atoms with van der Waals surface area (Å²) in [4.78, 5) is 12.3. The van der Waals surface area contributed by atoms with Gasteiger partial charge in [0.25, 0.3) is 5.91 Å². The quantitative estimate of drug-likeness (QED) is 0.637. The van der Waals surface area contributed by atoms with Gasteiger partial charge >= 0.3 is 0 Å². The van der Waals surface area contributed by atoms with Crippen molar-refractivity contribution >= 4 is 5.91 Å². The standard InChI is InChI=1S/C17H19N5O3/c23-10-13-9-22(21-19-13)14-6-12(7-14)18-17(24)15-8-16(25-20-15)11-4-2-1-3-5-11/h1-5,8-9,12,14,19,21,23H,6-7,10H2,(H,18,24)/t12-,14-. The van der Waals surface area contributed by atoms with E-state index in [1.54, 1.807) is 6.07 Å². The Bertz CT molecular complexity index is 783. The molecule has 1 aliphatic heterocycles. The van der Waals surface area contributed by atoms with E-state index in [0.29, 0.717) is 5.76 Å². The number of aliphatic hydroxyl groups is 1. The van der Waals surface area contributed by atoms with Gasteiger partial charge < -0.3 is 20.4 Å². The number of amides is 1. The van der Waals surface area contributed by atoms with Gasteiger partial charge in [-0.3, -0.25) is 9.80 Å². The molecule has 130 valence electrons. The van der Waals surface area contributed by atoms with Gasteiger partial charge in [0.1, 0.15) is 0 Å². The number of hydrogen-bond donors (Lipinski definition) is 4. The summed E-state index contributed by atoms with van der Waals surface area (Å²) in [5.74, 6) is 0.347. The first kappa shape index (κ1) is 15.7. The molecule has 0 bridgehead atoms. The molecule has 4 N–H and O–H groups in total. The number of carbonyl (C=O) groups is 1. The van der Waals surface area contributed by atoms with Gasteiger partial charge in [-0.1, -0.05) is 35.5 Å². The van der Waals surface area contributed by atoms with E-state index in [1.165, 1.54) is 0 Å². The molecule has 2 aliphatic rings. The Hall–Kier alpha value is -2.84. The van der Waals surface area contributed by atoms with Crippen molar-refractivity contribution < 1.29 is 14.4 Å². The first-order chi connectivity index (χ1) is 12.2. The molecule has 0 atom stereocenters. The topological polar surface area (TPSA) is 103 Å². The third kappa shape index (κ3) is 3.21. The molecule has 0 spiro atoms. The molecule has 1 aliphatic carbocycles. The lowest BCUT2D eigenvalue weighted by molar-refractivity contribution is 0.0755. The maximum absolute atomic E-state index is 12.3. The molecular formula is C17H19N5O3. The predicted molar refractivity (Wildman–Crippen MR) is 89.5 cm³/mol. The smallest absolute Gasteiger partial charge is 0.273 e. The molecule has 1 aromatic carbocycles. The molecule has 0 unspecified atom stereocenters. The van der Waals surface area contributed by atoms with Gasteiger partial charge in [0.05, 0.1) is 18.3 Å². The lowest BCUT2D eigenvalue weighted by Crippen LogP contribution is -2.56. The number of benzene rings is 1. The SMILES string of the molecule is O=C(N[C@H]1C[C@H](N2C=C(CO)NN2)C1)c1cc(-c2ccccc2)on1. The minimum atomic E-state index is -0.228. The second kappa shape index (κ2) is 6.58. The number of nitrogens with zero attached hydrogens (tertiary/aromatic N) is 2. The Morgan fingerprint density at radius 3 is 2.88 bits per heavy atom. The summed E-state index contributed by atoms with van der Waals surface area (Å²) in [5.41, 5.74) is 7.75. The maximum Gasteiger partial charge on any atom is 0.273 e. The number of rotatable bonds is 5. The fourth-order valence-electron chi connectivity index (χ4n) is 2.96. The summed E-state index contributed by atoms with van der Waals surface area (Å²) in [5, 5.41) is 17.8. The van der Waals surface area contributed by atoms with Crippen LogP contribution in [0.3, 0.4) is 0 Å². The zero-order valence-corrected chi connectivity index (χ0v) is 13.5. The summed E-state index contributed by atoms with van der Waals surface area (Å²) >= 11 is 0. The Balaban J connectivity index is 1.31. The van der Waals surface area contributed by atoms with Crippen LogP contribution < -0.4 is 16.3 Å². The molecule has 25 heavy (non-hydrogen) atoms. The molecule has 2 aromatic rings. The highest BCUT2D eigenvalue weighted by Gasteiger charge is 2.35. The van der Waals surface area contributed by atoms with Crippen molar-refractivity contribution in [1.82, 2.24) is 26.4 Å². The Morgan fingerprint density at radius 2 is 2.16 bits per heavy atom. The van der Waals surface area contributed by atoms with Crippen LogP contribution in [0, 0.1) is 0 Å². The zero-order valence-electron chi connectivity index (χ0n) is 13.5. The van der Waals surface area contributed by atoms with Crippen molar-refractivity contribution in [1.29, 1.82) is 0 Å². The van der Waals surface area contributed by atoms with Gasteiger partial charge in [-0.15, -0.1) is 5.53 Å². The van der Waals surface area contributed by atoms with Crippen molar-refractivity contribution in [3.05, 3.63) is 54.0 Å². The molecule has 1 saturated carbocycles. The van der Waals surface area contributed by atoms with E-state index >= 15 is 0 Å². The van der Waals surface area contributed by atoms with Crippen LogP contribution in [0.1, 0.15) is 23.3 Å². The summed E-state index contributed by atoms with van der Waals surface area (Å²) in [6.45, 7) is -0.0354. The molecule has 1 aromatic heterocycles. The lowest BCUT2D eigenvalue weighted by atomic mass is 9.86. The van der Waals surface area contributed by atoms with E-state index in [2.05, 4.69) is 21.4 Å². The monoisotopic (exact) mass is 341 g/mol. The Labute approximate surface area is 144 Å². The van der Waals surface area contributed by atoms with E-state index in [4.69, 9.17) is 9.63 Å². The Kier molecular flexibility index (Phi) is 4.12. The molecule has 4 rings (SSSR count). The van der Waals surface area contributed by atoms with Crippen LogP contribution in [0.2, 0.25) is 0 Å². The number of carbonyl (C=O) groups excluding carboxylic acids is 1. The highest BCUT2D eigenvalue weighted by atomic mass is 16.5. The van der Waals surface area contributed by atoms with Crippen molar-refractivity contribution in [2.24, 2.45) is 0 Å². The number of aliphatic hydroxyl groups excluding tert-OH is 1. The highest BCUT2D eigenvalue weighted by Crippen LogP contribution is 2.27. The molecule has 8 nitrogen and oxygen atoms in total. The van der Waals surface area contributed by atoms with E-state index in [1.807, 2.05) is 41.5 Å². The number of hydrogen-bond acceptors (Lipinski definition) is 7. The van der Waals surface area contributed by atoms with Crippen LogP contribution in [-0.4, -0.2) is 39.9 Å². The zero-order chi connectivity index (χ0) is 17.2. The van der Waals surface area contributed by atoms with Gasteiger partial charge in [-0.05, 0) is 12.8 Å². The number of hydrazine groups is 2. The van der Waals surface area contributed by atoms with Crippen LogP contribution >= 0.6 is 0 Å². The van der Waals surface area contributed by atoms with E-state index in [-0.39, 0.29) is 30.3 Å². The van der Waals surface area contributed by atoms with E-state index in [9.17, 15) is 4.79 Å². The maximum atomic E-state index is 12.3. The first-order valence-corrected chi connectivity index (χ1v) is 8.17. The van der Waals surface area contributed by atoms with Crippen molar-refractivity contribution in [3.8, 4) is 11.3 Å². The van der Waals surface area contributed by atoms with Gasteiger partial charge in [-0.25, -0.2) is 0 Å². The second-order valence-corrected chi connectivity index (χ2v) is 6.19. The minimum Gasteiger partial charge on any atom is -0.390 e. The van der Waals surface area contributed by atoms with Crippen LogP contribution in [0.15, 0.2) is 52.8 Å². The number of aromatic nitrogens is 1. The molecule has 8 heteroatoms. The molecule has 0 saturated heterocycles. The molecule has 1 fully saturated rings. The first-order valence-electron chi connectivity index (χ1n) is 8.17. The average Bonchev–Trinajstić information content (AvgIpc) is 3.27. The normalized spacial score (nSPS) is 22.1. The fourth-order valence-corrected chi connectivity index (χ4v) is 2.96. The second-order valence-electron chi connectivity index (χ2n) is 6.19. The highest BCUT2D eigenvalue weighted by molar-refractivity contribution is 5.93. The van der Waals surface area contributed by atoms with E-state index in [0.717, 1.165) is 24.1 Å². The Morgan fingerprint density at radius 1 is 1.36 bits per heavy atom. The largest absolute Gasteiger partial charge is 0.390 e. The van der Waals surface area contributed by atoms with Gasteiger partial charge in [-0.2, -0.15) is 0 Å². The molecule has 2 heterocycles. The molecule has 1 amide bonds. The van der Waals surface area contributed by atoms with E-state index < -0.39 is 0 Å². The van der Waals surface area contributed by atoms with Crippen LogP contribution in [0.25, 0.3) is 11.3 Å². The number of nitrogens with one attached hydrogen (secondary N) is 3. The summed E-state index contributed by atoms with van der Waals surface area (Å²) in [6.07, 6.45) is 3.48. The van der Waals surface area contributed by atoms with Gasteiger partial charge in [0.15, 0.2) is 11.5 Å².